The molecule has 6 heteroatoms. The predicted octanol–water partition coefficient (Wildman–Crippen LogP) is 2.71. The summed E-state index contributed by atoms with van der Waals surface area (Å²) in [5.74, 6) is 0.976. The number of anilines is 2. The van der Waals surface area contributed by atoms with Gasteiger partial charge in [0.05, 0.1) is 19.0 Å². The fraction of sp³-hybridized carbons (Fsp3) is 0.647. The van der Waals surface area contributed by atoms with Crippen molar-refractivity contribution in [2.24, 2.45) is 0 Å². The van der Waals surface area contributed by atoms with Crippen LogP contribution in [-0.2, 0) is 4.74 Å². The van der Waals surface area contributed by atoms with Crippen LogP contribution in [0.1, 0.15) is 32.1 Å². The van der Waals surface area contributed by atoms with Crippen molar-refractivity contribution in [3.05, 3.63) is 18.3 Å². The predicted molar refractivity (Wildman–Crippen MR) is 90.9 cm³/mol. The van der Waals surface area contributed by atoms with Crippen molar-refractivity contribution >= 4 is 17.6 Å². The van der Waals surface area contributed by atoms with Crippen LogP contribution in [0.25, 0.3) is 0 Å². The number of hydrogen-bond donors (Lipinski definition) is 1. The zero-order chi connectivity index (χ0) is 16.1. The minimum Gasteiger partial charge on any atom is -0.453 e. The smallest absolute Gasteiger partial charge is 0.409 e. The summed E-state index contributed by atoms with van der Waals surface area (Å²) in [6.45, 7) is 2.93. The van der Waals surface area contributed by atoms with Gasteiger partial charge in [-0.3, -0.25) is 0 Å². The molecule has 0 aromatic carbocycles. The van der Waals surface area contributed by atoms with Crippen molar-refractivity contribution in [1.29, 1.82) is 0 Å². The van der Waals surface area contributed by atoms with Gasteiger partial charge in [0.1, 0.15) is 5.82 Å². The van der Waals surface area contributed by atoms with Crippen LogP contribution in [0.15, 0.2) is 18.3 Å². The molecule has 0 unspecified atom stereocenters. The van der Waals surface area contributed by atoms with Gasteiger partial charge in [-0.25, -0.2) is 9.78 Å². The molecular formula is C17H26N4O2. The van der Waals surface area contributed by atoms with E-state index in [0.717, 1.165) is 24.6 Å². The number of nitrogens with one attached hydrogen (secondary N) is 1. The van der Waals surface area contributed by atoms with Crippen LogP contribution >= 0.6 is 0 Å². The standard InChI is InChI=1S/C17H26N4O2/c1-23-17(22)21-11-9-20(10-12-21)16-8-7-15(13-18-16)19-14-5-3-2-4-6-14/h7-8,13-14,19H,2-6,9-12H2,1H3. The quantitative estimate of drug-likeness (QED) is 0.928. The van der Waals surface area contributed by atoms with Crippen molar-refractivity contribution in [1.82, 2.24) is 9.88 Å². The maximum Gasteiger partial charge on any atom is 0.409 e. The normalized spacial score (nSPS) is 19.5. The van der Waals surface area contributed by atoms with Crippen LogP contribution in [-0.4, -0.2) is 55.3 Å². The Balaban J connectivity index is 1.52. The van der Waals surface area contributed by atoms with Crippen LogP contribution in [0.5, 0.6) is 0 Å². The summed E-state index contributed by atoms with van der Waals surface area (Å²) in [6.07, 6.45) is 8.23. The van der Waals surface area contributed by atoms with Crippen LogP contribution in [0, 0.1) is 0 Å². The Hall–Kier alpha value is -1.98. The van der Waals surface area contributed by atoms with Gasteiger partial charge < -0.3 is 19.9 Å². The van der Waals surface area contributed by atoms with Gasteiger partial charge in [0, 0.05) is 32.2 Å². The fourth-order valence-corrected chi connectivity index (χ4v) is 3.39. The summed E-state index contributed by atoms with van der Waals surface area (Å²) < 4.78 is 4.76. The van der Waals surface area contributed by atoms with Gasteiger partial charge in [0.2, 0.25) is 0 Å². The summed E-state index contributed by atoms with van der Waals surface area (Å²) in [4.78, 5) is 20.0. The molecule has 1 aliphatic heterocycles. The highest BCUT2D eigenvalue weighted by Gasteiger charge is 2.22. The maximum atomic E-state index is 11.5. The first kappa shape index (κ1) is 15.9. The first-order chi connectivity index (χ1) is 11.3. The molecule has 126 valence electrons. The van der Waals surface area contributed by atoms with Crippen LogP contribution in [0.4, 0.5) is 16.3 Å². The molecule has 1 saturated carbocycles. The number of hydrogen-bond acceptors (Lipinski definition) is 5. The number of methoxy groups -OCH3 is 1. The summed E-state index contributed by atoms with van der Waals surface area (Å²) >= 11 is 0. The zero-order valence-electron chi connectivity index (χ0n) is 13.8. The molecule has 0 spiro atoms. The molecule has 1 N–H and O–H groups in total. The molecule has 0 bridgehead atoms. The highest BCUT2D eigenvalue weighted by Crippen LogP contribution is 2.22. The van der Waals surface area contributed by atoms with E-state index in [1.807, 2.05) is 6.20 Å². The number of carbonyl (C=O) groups excluding carboxylic acids is 1. The monoisotopic (exact) mass is 318 g/mol. The summed E-state index contributed by atoms with van der Waals surface area (Å²) in [5.41, 5.74) is 1.11. The molecule has 23 heavy (non-hydrogen) atoms. The molecule has 1 aliphatic carbocycles. The Labute approximate surface area is 137 Å². The van der Waals surface area contributed by atoms with Crippen molar-refractivity contribution in [2.75, 3.05) is 43.5 Å². The molecule has 1 aromatic heterocycles. The zero-order valence-corrected chi connectivity index (χ0v) is 13.8. The minimum absolute atomic E-state index is 0.246. The molecular weight excluding hydrogens is 292 g/mol. The first-order valence-electron chi connectivity index (χ1n) is 8.56. The van der Waals surface area contributed by atoms with Crippen molar-refractivity contribution in [3.8, 4) is 0 Å². The topological polar surface area (TPSA) is 57.7 Å². The van der Waals surface area contributed by atoms with E-state index < -0.39 is 0 Å². The Morgan fingerprint density at radius 3 is 2.52 bits per heavy atom. The van der Waals surface area contributed by atoms with Gasteiger partial charge in [-0.1, -0.05) is 19.3 Å². The van der Waals surface area contributed by atoms with Crippen LogP contribution in [0.2, 0.25) is 0 Å². The second-order valence-corrected chi connectivity index (χ2v) is 6.33. The van der Waals surface area contributed by atoms with E-state index in [-0.39, 0.29) is 6.09 Å². The van der Waals surface area contributed by atoms with E-state index >= 15 is 0 Å². The lowest BCUT2D eigenvalue weighted by Crippen LogP contribution is -2.49. The van der Waals surface area contributed by atoms with Crippen molar-refractivity contribution in [2.45, 2.75) is 38.1 Å². The average Bonchev–Trinajstić information content (AvgIpc) is 2.63. The Morgan fingerprint density at radius 1 is 1.17 bits per heavy atom. The van der Waals surface area contributed by atoms with Gasteiger partial charge in [0.15, 0.2) is 0 Å². The molecule has 2 heterocycles. The number of carbonyl (C=O) groups is 1. The maximum absolute atomic E-state index is 11.5. The highest BCUT2D eigenvalue weighted by molar-refractivity contribution is 5.67. The molecule has 1 saturated heterocycles. The average molecular weight is 318 g/mol. The van der Waals surface area contributed by atoms with E-state index in [9.17, 15) is 4.79 Å². The van der Waals surface area contributed by atoms with Gasteiger partial charge >= 0.3 is 6.09 Å². The van der Waals surface area contributed by atoms with Crippen molar-refractivity contribution in [3.63, 3.8) is 0 Å². The number of nitrogens with zero attached hydrogens (tertiary/aromatic N) is 3. The third-order valence-corrected chi connectivity index (χ3v) is 4.76. The Bertz CT molecular complexity index is 506. The summed E-state index contributed by atoms with van der Waals surface area (Å²) in [5, 5.41) is 3.59. The molecule has 0 radical (unpaired) electrons. The van der Waals surface area contributed by atoms with E-state index in [0.29, 0.717) is 19.1 Å². The second-order valence-electron chi connectivity index (χ2n) is 6.33. The molecule has 3 rings (SSSR count). The number of pyridine rings is 1. The number of ether oxygens (including phenoxy) is 1. The summed E-state index contributed by atoms with van der Waals surface area (Å²) in [6, 6.07) is 4.78. The number of piperazine rings is 1. The number of amides is 1. The van der Waals surface area contributed by atoms with Gasteiger partial charge in [-0.05, 0) is 25.0 Å². The lowest BCUT2D eigenvalue weighted by atomic mass is 9.95. The van der Waals surface area contributed by atoms with Crippen molar-refractivity contribution < 1.29 is 9.53 Å². The third-order valence-electron chi connectivity index (χ3n) is 4.76. The fourth-order valence-electron chi connectivity index (χ4n) is 3.39. The lowest BCUT2D eigenvalue weighted by molar-refractivity contribution is 0.121. The Kier molecular flexibility index (Phi) is 5.20. The molecule has 1 aromatic rings. The minimum atomic E-state index is -0.246. The molecule has 2 aliphatic rings. The van der Waals surface area contributed by atoms with Gasteiger partial charge in [-0.2, -0.15) is 0 Å². The second kappa shape index (κ2) is 7.53. The summed E-state index contributed by atoms with van der Waals surface area (Å²) in [7, 11) is 1.42. The van der Waals surface area contributed by atoms with Gasteiger partial charge in [-0.15, -0.1) is 0 Å². The van der Waals surface area contributed by atoms with E-state index in [2.05, 4.69) is 27.3 Å². The third kappa shape index (κ3) is 4.06. The highest BCUT2D eigenvalue weighted by atomic mass is 16.5. The van der Waals surface area contributed by atoms with E-state index in [1.165, 1.54) is 39.2 Å². The SMILES string of the molecule is COC(=O)N1CCN(c2ccc(NC3CCCCC3)cn2)CC1. The van der Waals surface area contributed by atoms with Crippen LogP contribution in [0.3, 0.4) is 0 Å². The van der Waals surface area contributed by atoms with Gasteiger partial charge in [0.25, 0.3) is 0 Å². The molecule has 0 atom stereocenters. The molecule has 1 amide bonds. The Morgan fingerprint density at radius 2 is 1.91 bits per heavy atom. The number of aromatic nitrogens is 1. The van der Waals surface area contributed by atoms with E-state index in [1.54, 1.807) is 4.90 Å². The van der Waals surface area contributed by atoms with Crippen LogP contribution < -0.4 is 10.2 Å². The molecule has 6 nitrogen and oxygen atoms in total. The number of rotatable bonds is 3. The van der Waals surface area contributed by atoms with E-state index in [4.69, 9.17) is 4.74 Å². The largest absolute Gasteiger partial charge is 0.453 e. The molecule has 2 fully saturated rings. The lowest BCUT2D eigenvalue weighted by Gasteiger charge is -2.34. The first-order valence-corrected chi connectivity index (χ1v) is 8.56.